The summed E-state index contributed by atoms with van der Waals surface area (Å²) in [6.45, 7) is 2.00. The molecule has 0 aliphatic carbocycles. The Labute approximate surface area is 106 Å². The molecule has 3 nitrogen and oxygen atoms in total. The van der Waals surface area contributed by atoms with Crippen LogP contribution in [0.2, 0.25) is 0 Å². The minimum absolute atomic E-state index is 0.183. The number of hydrogen-bond donors (Lipinski definition) is 2. The zero-order valence-corrected chi connectivity index (χ0v) is 10.2. The van der Waals surface area contributed by atoms with Gasteiger partial charge in [0.1, 0.15) is 0 Å². The first-order valence-electron chi connectivity index (χ1n) is 6.04. The quantitative estimate of drug-likeness (QED) is 0.721. The van der Waals surface area contributed by atoms with Crippen molar-refractivity contribution in [3.8, 4) is 0 Å². The highest BCUT2D eigenvalue weighted by atomic mass is 14.7. The Morgan fingerprint density at radius 2 is 1.61 bits per heavy atom. The highest BCUT2D eigenvalue weighted by molar-refractivity contribution is 5.36. The highest BCUT2D eigenvalue weighted by Gasteiger charge is 2.18. The van der Waals surface area contributed by atoms with Crippen LogP contribution < -0.4 is 0 Å². The molecule has 90 valence electrons. The van der Waals surface area contributed by atoms with Crippen molar-refractivity contribution in [3.05, 3.63) is 77.6 Å². The molecule has 0 aliphatic heterocycles. The van der Waals surface area contributed by atoms with Gasteiger partial charge in [0.2, 0.25) is 0 Å². The fraction of sp³-hybridized carbons (Fsp3) is 0.133. The van der Waals surface area contributed by atoms with Gasteiger partial charge >= 0.3 is 0 Å². The number of nitrogens with zero attached hydrogens (tertiary/aromatic N) is 1. The first kappa shape index (κ1) is 10.8. The van der Waals surface area contributed by atoms with E-state index in [1.54, 1.807) is 0 Å². The molecule has 3 heteroatoms. The molecule has 0 aromatic carbocycles. The Morgan fingerprint density at radius 1 is 0.944 bits per heavy atom. The normalized spacial score (nSPS) is 11.0. The van der Waals surface area contributed by atoms with Gasteiger partial charge in [-0.1, -0.05) is 6.07 Å². The predicted octanol–water partition coefficient (Wildman–Crippen LogP) is 3.23. The number of aromatic nitrogens is 3. The number of H-pyrrole nitrogens is 2. The molecule has 0 saturated carbocycles. The fourth-order valence-corrected chi connectivity index (χ4v) is 2.22. The highest BCUT2D eigenvalue weighted by Crippen LogP contribution is 2.29. The van der Waals surface area contributed by atoms with Gasteiger partial charge in [0.25, 0.3) is 0 Å². The van der Waals surface area contributed by atoms with E-state index in [4.69, 9.17) is 0 Å². The molecule has 0 spiro atoms. The molecule has 3 aromatic rings. The van der Waals surface area contributed by atoms with Gasteiger partial charge in [-0.25, -0.2) is 0 Å². The van der Waals surface area contributed by atoms with Crippen LogP contribution >= 0.6 is 0 Å². The zero-order chi connectivity index (χ0) is 12.4. The fourth-order valence-electron chi connectivity index (χ4n) is 2.22. The summed E-state index contributed by atoms with van der Waals surface area (Å²) in [4.78, 5) is 11.0. The first-order chi connectivity index (χ1) is 8.84. The van der Waals surface area contributed by atoms with E-state index in [0.29, 0.717) is 0 Å². The van der Waals surface area contributed by atoms with Gasteiger partial charge in [0.15, 0.2) is 0 Å². The molecular formula is C15H15N3. The first-order valence-corrected chi connectivity index (χ1v) is 6.04. The SMILES string of the molecule is Cc1ccc(C(c2ccc[nH]2)c2ccc[nH]2)cn1. The Morgan fingerprint density at radius 3 is 2.06 bits per heavy atom. The second-order valence-electron chi connectivity index (χ2n) is 4.42. The average molecular weight is 237 g/mol. The summed E-state index contributed by atoms with van der Waals surface area (Å²) in [6.07, 6.45) is 5.85. The van der Waals surface area contributed by atoms with Gasteiger partial charge in [0, 0.05) is 35.7 Å². The zero-order valence-electron chi connectivity index (χ0n) is 10.2. The number of pyridine rings is 1. The van der Waals surface area contributed by atoms with Crippen molar-refractivity contribution in [1.29, 1.82) is 0 Å². The molecule has 0 fully saturated rings. The predicted molar refractivity (Wildman–Crippen MR) is 71.5 cm³/mol. The second kappa shape index (κ2) is 4.53. The van der Waals surface area contributed by atoms with E-state index < -0.39 is 0 Å². The topological polar surface area (TPSA) is 44.5 Å². The van der Waals surface area contributed by atoms with Crippen molar-refractivity contribution < 1.29 is 0 Å². The Kier molecular flexibility index (Phi) is 2.73. The van der Waals surface area contributed by atoms with Crippen molar-refractivity contribution in [2.75, 3.05) is 0 Å². The minimum atomic E-state index is 0.183. The van der Waals surface area contributed by atoms with Crippen molar-refractivity contribution >= 4 is 0 Å². The van der Waals surface area contributed by atoms with Crippen molar-refractivity contribution in [2.24, 2.45) is 0 Å². The number of aromatic amines is 2. The molecule has 0 saturated heterocycles. The van der Waals surface area contributed by atoms with Crippen LogP contribution in [-0.2, 0) is 0 Å². The van der Waals surface area contributed by atoms with Gasteiger partial charge < -0.3 is 9.97 Å². The number of aryl methyl sites for hydroxylation is 1. The number of nitrogens with one attached hydrogen (secondary N) is 2. The lowest BCUT2D eigenvalue weighted by molar-refractivity contribution is 0.887. The molecule has 0 bridgehead atoms. The summed E-state index contributed by atoms with van der Waals surface area (Å²) in [5, 5.41) is 0. The molecule has 0 atom stereocenters. The van der Waals surface area contributed by atoms with Crippen LogP contribution in [0.1, 0.15) is 28.6 Å². The van der Waals surface area contributed by atoms with E-state index in [9.17, 15) is 0 Å². The standard InChI is InChI=1S/C15H15N3/c1-11-6-7-12(10-18-11)15(13-4-2-8-16-13)14-5-3-9-17-14/h2-10,15-17H,1H3. The summed E-state index contributed by atoms with van der Waals surface area (Å²) < 4.78 is 0. The number of hydrogen-bond acceptors (Lipinski definition) is 1. The maximum atomic E-state index is 4.39. The molecule has 3 rings (SSSR count). The van der Waals surface area contributed by atoms with Crippen LogP contribution in [0.4, 0.5) is 0 Å². The Balaban J connectivity index is 2.08. The third-order valence-electron chi connectivity index (χ3n) is 3.13. The Bertz CT molecular complexity index is 558. The van der Waals surface area contributed by atoms with Crippen LogP contribution in [0.25, 0.3) is 0 Å². The Hall–Kier alpha value is -2.29. The van der Waals surface area contributed by atoms with E-state index in [1.165, 1.54) is 17.0 Å². The lowest BCUT2D eigenvalue weighted by atomic mass is 9.94. The molecule has 3 aromatic heterocycles. The molecular weight excluding hydrogens is 222 g/mol. The van der Waals surface area contributed by atoms with Gasteiger partial charge in [0.05, 0.1) is 5.92 Å². The third-order valence-corrected chi connectivity index (χ3v) is 3.13. The van der Waals surface area contributed by atoms with E-state index in [-0.39, 0.29) is 5.92 Å². The summed E-state index contributed by atoms with van der Waals surface area (Å²) in [5.41, 5.74) is 4.56. The van der Waals surface area contributed by atoms with E-state index in [1.807, 2.05) is 43.7 Å². The van der Waals surface area contributed by atoms with Crippen LogP contribution in [0.5, 0.6) is 0 Å². The summed E-state index contributed by atoms with van der Waals surface area (Å²) in [5.74, 6) is 0.183. The van der Waals surface area contributed by atoms with Crippen LogP contribution in [0, 0.1) is 6.92 Å². The molecule has 2 N–H and O–H groups in total. The summed E-state index contributed by atoms with van der Waals surface area (Å²) in [6, 6.07) is 12.4. The largest absolute Gasteiger partial charge is 0.364 e. The third kappa shape index (κ3) is 1.95. The van der Waals surface area contributed by atoms with Gasteiger partial charge in [-0.2, -0.15) is 0 Å². The van der Waals surface area contributed by atoms with Crippen molar-refractivity contribution in [2.45, 2.75) is 12.8 Å². The van der Waals surface area contributed by atoms with Gasteiger partial charge in [-0.15, -0.1) is 0 Å². The van der Waals surface area contributed by atoms with Gasteiger partial charge in [-0.05, 0) is 42.8 Å². The second-order valence-corrected chi connectivity index (χ2v) is 4.42. The van der Waals surface area contributed by atoms with Crippen LogP contribution in [-0.4, -0.2) is 15.0 Å². The molecule has 18 heavy (non-hydrogen) atoms. The van der Waals surface area contributed by atoms with Crippen LogP contribution in [0.15, 0.2) is 55.0 Å². The van der Waals surface area contributed by atoms with E-state index in [2.05, 4.69) is 33.2 Å². The maximum Gasteiger partial charge on any atom is 0.0656 e. The van der Waals surface area contributed by atoms with E-state index >= 15 is 0 Å². The minimum Gasteiger partial charge on any atom is -0.364 e. The monoisotopic (exact) mass is 237 g/mol. The maximum absolute atomic E-state index is 4.39. The van der Waals surface area contributed by atoms with Crippen molar-refractivity contribution in [1.82, 2.24) is 15.0 Å². The van der Waals surface area contributed by atoms with E-state index in [0.717, 1.165) is 5.69 Å². The summed E-state index contributed by atoms with van der Waals surface area (Å²) >= 11 is 0. The molecule has 0 radical (unpaired) electrons. The molecule has 3 heterocycles. The van der Waals surface area contributed by atoms with Gasteiger partial charge in [-0.3, -0.25) is 4.98 Å². The molecule has 0 aliphatic rings. The summed E-state index contributed by atoms with van der Waals surface area (Å²) in [7, 11) is 0. The number of rotatable bonds is 3. The van der Waals surface area contributed by atoms with Crippen molar-refractivity contribution in [3.63, 3.8) is 0 Å². The van der Waals surface area contributed by atoms with Crippen LogP contribution in [0.3, 0.4) is 0 Å². The molecule has 0 amide bonds. The molecule has 0 unspecified atom stereocenters. The lowest BCUT2D eigenvalue weighted by Crippen LogP contribution is -2.04. The average Bonchev–Trinajstić information content (AvgIpc) is 3.06. The lowest BCUT2D eigenvalue weighted by Gasteiger charge is -2.15. The smallest absolute Gasteiger partial charge is 0.0656 e.